The number of hydrogen-bond donors (Lipinski definition) is 2. The van der Waals surface area contributed by atoms with Gasteiger partial charge in [0.1, 0.15) is 11.5 Å². The first-order chi connectivity index (χ1) is 16.5. The lowest BCUT2D eigenvalue weighted by Crippen LogP contribution is -2.15. The van der Waals surface area contributed by atoms with Gasteiger partial charge in [0.05, 0.1) is 31.2 Å². The molecule has 0 bridgehead atoms. The SMILES string of the molecule is COc1ccc(NC(=O)c2ccc3nnc(SCC(=O)Nc4cc(C)ccc4OC)n3c2)cc1. The molecular weight excluding hydrogens is 454 g/mol. The number of thioether (sulfide) groups is 1. The quantitative estimate of drug-likeness (QED) is 0.369. The highest BCUT2D eigenvalue weighted by Gasteiger charge is 2.14. The summed E-state index contributed by atoms with van der Waals surface area (Å²) < 4.78 is 12.1. The minimum atomic E-state index is -0.277. The molecule has 4 rings (SSSR count). The highest BCUT2D eigenvalue weighted by atomic mass is 32.2. The van der Waals surface area contributed by atoms with E-state index in [0.29, 0.717) is 39.2 Å². The number of aromatic nitrogens is 3. The van der Waals surface area contributed by atoms with Gasteiger partial charge in [0, 0.05) is 11.9 Å². The van der Waals surface area contributed by atoms with E-state index in [1.165, 1.54) is 11.8 Å². The number of methoxy groups -OCH3 is 2. The minimum absolute atomic E-state index is 0.111. The number of hydrogen-bond acceptors (Lipinski definition) is 7. The number of carbonyl (C=O) groups is 2. The molecule has 4 aromatic rings. The molecule has 34 heavy (non-hydrogen) atoms. The van der Waals surface area contributed by atoms with E-state index in [2.05, 4.69) is 20.8 Å². The first-order valence-corrected chi connectivity index (χ1v) is 11.3. The Morgan fingerprint density at radius 1 is 0.971 bits per heavy atom. The predicted octanol–water partition coefficient (Wildman–Crippen LogP) is 4.04. The van der Waals surface area contributed by atoms with Crippen molar-refractivity contribution in [2.45, 2.75) is 12.1 Å². The van der Waals surface area contributed by atoms with Crippen LogP contribution in [0.4, 0.5) is 11.4 Å². The number of anilines is 2. The van der Waals surface area contributed by atoms with Crippen LogP contribution in [-0.2, 0) is 4.79 Å². The van der Waals surface area contributed by atoms with Gasteiger partial charge in [0.2, 0.25) is 5.91 Å². The standard InChI is InChI=1S/C24H23N5O4S/c1-15-4-10-20(33-3)19(12-15)26-22(30)14-34-24-28-27-21-11-5-16(13-29(21)24)23(31)25-17-6-8-18(32-2)9-7-17/h4-13H,14H2,1-3H3,(H,25,31)(H,26,30). The number of amides is 2. The summed E-state index contributed by atoms with van der Waals surface area (Å²) in [5.74, 6) is 0.917. The van der Waals surface area contributed by atoms with E-state index in [4.69, 9.17) is 9.47 Å². The maximum absolute atomic E-state index is 12.7. The van der Waals surface area contributed by atoms with Crippen molar-refractivity contribution >= 4 is 40.6 Å². The van der Waals surface area contributed by atoms with Gasteiger partial charge >= 0.3 is 0 Å². The molecule has 2 heterocycles. The fourth-order valence-electron chi connectivity index (χ4n) is 3.22. The average molecular weight is 478 g/mol. The van der Waals surface area contributed by atoms with Crippen molar-refractivity contribution in [3.63, 3.8) is 0 Å². The molecule has 9 nitrogen and oxygen atoms in total. The van der Waals surface area contributed by atoms with Gasteiger partial charge in [-0.1, -0.05) is 17.8 Å². The predicted molar refractivity (Wildman–Crippen MR) is 131 cm³/mol. The molecule has 2 amide bonds. The summed E-state index contributed by atoms with van der Waals surface area (Å²) in [5.41, 5.74) is 3.26. The van der Waals surface area contributed by atoms with Crippen LogP contribution in [-0.4, -0.2) is 46.4 Å². The van der Waals surface area contributed by atoms with Crippen molar-refractivity contribution in [3.05, 3.63) is 71.9 Å². The van der Waals surface area contributed by atoms with Crippen LogP contribution in [0.5, 0.6) is 11.5 Å². The number of nitrogens with one attached hydrogen (secondary N) is 2. The van der Waals surface area contributed by atoms with Crippen molar-refractivity contribution in [1.82, 2.24) is 14.6 Å². The van der Waals surface area contributed by atoms with E-state index in [-0.39, 0.29) is 17.6 Å². The maximum atomic E-state index is 12.7. The van der Waals surface area contributed by atoms with E-state index in [1.54, 1.807) is 61.2 Å². The van der Waals surface area contributed by atoms with E-state index in [0.717, 1.165) is 5.56 Å². The number of nitrogens with zero attached hydrogens (tertiary/aromatic N) is 3. The van der Waals surface area contributed by atoms with Crippen LogP contribution in [0.25, 0.3) is 5.65 Å². The maximum Gasteiger partial charge on any atom is 0.257 e. The minimum Gasteiger partial charge on any atom is -0.497 e. The normalized spacial score (nSPS) is 10.7. The van der Waals surface area contributed by atoms with Crippen molar-refractivity contribution in [3.8, 4) is 11.5 Å². The van der Waals surface area contributed by atoms with Gasteiger partial charge < -0.3 is 20.1 Å². The molecule has 0 unspecified atom stereocenters. The number of pyridine rings is 1. The van der Waals surface area contributed by atoms with Crippen LogP contribution >= 0.6 is 11.8 Å². The van der Waals surface area contributed by atoms with Gasteiger partial charge in [0.15, 0.2) is 10.8 Å². The molecule has 0 aliphatic carbocycles. The lowest BCUT2D eigenvalue weighted by molar-refractivity contribution is -0.113. The summed E-state index contributed by atoms with van der Waals surface area (Å²) in [6, 6.07) is 16.0. The first-order valence-electron chi connectivity index (χ1n) is 10.3. The van der Waals surface area contributed by atoms with Crippen molar-refractivity contribution in [1.29, 1.82) is 0 Å². The lowest BCUT2D eigenvalue weighted by atomic mass is 10.2. The largest absolute Gasteiger partial charge is 0.497 e. The molecule has 0 saturated carbocycles. The Morgan fingerprint density at radius 3 is 2.50 bits per heavy atom. The lowest BCUT2D eigenvalue weighted by Gasteiger charge is -2.10. The van der Waals surface area contributed by atoms with E-state index >= 15 is 0 Å². The summed E-state index contributed by atoms with van der Waals surface area (Å²) in [5, 5.41) is 14.5. The third-order valence-electron chi connectivity index (χ3n) is 4.94. The monoisotopic (exact) mass is 477 g/mol. The van der Waals surface area contributed by atoms with Gasteiger partial charge in [-0.2, -0.15) is 0 Å². The highest BCUT2D eigenvalue weighted by Crippen LogP contribution is 2.26. The first kappa shape index (κ1) is 23.1. The van der Waals surface area contributed by atoms with Crippen LogP contribution in [0.15, 0.2) is 66.0 Å². The van der Waals surface area contributed by atoms with Crippen molar-refractivity contribution in [2.75, 3.05) is 30.6 Å². The summed E-state index contributed by atoms with van der Waals surface area (Å²) in [4.78, 5) is 25.3. The molecule has 0 radical (unpaired) electrons. The molecule has 174 valence electrons. The Bertz CT molecular complexity index is 1340. The number of carbonyl (C=O) groups excluding carboxylic acids is 2. The average Bonchev–Trinajstić information content (AvgIpc) is 3.25. The number of benzene rings is 2. The fraction of sp³-hybridized carbons (Fsp3) is 0.167. The van der Waals surface area contributed by atoms with Gasteiger partial charge in [-0.05, 0) is 61.0 Å². The summed E-state index contributed by atoms with van der Waals surface area (Å²) in [6.45, 7) is 1.94. The van der Waals surface area contributed by atoms with E-state index in [1.807, 2.05) is 25.1 Å². The molecule has 2 aromatic heterocycles. The summed E-state index contributed by atoms with van der Waals surface area (Å²) >= 11 is 1.22. The van der Waals surface area contributed by atoms with Gasteiger partial charge in [0.25, 0.3) is 5.91 Å². The number of fused-ring (bicyclic) bond motifs is 1. The van der Waals surface area contributed by atoms with Crippen molar-refractivity contribution in [2.24, 2.45) is 0 Å². The van der Waals surface area contributed by atoms with Crippen LogP contribution in [0, 0.1) is 6.92 Å². The topological polar surface area (TPSA) is 107 Å². The molecule has 0 spiro atoms. The zero-order valence-electron chi connectivity index (χ0n) is 18.9. The Hall–Kier alpha value is -4.05. The third-order valence-corrected chi connectivity index (χ3v) is 5.89. The van der Waals surface area contributed by atoms with Gasteiger partial charge in [-0.15, -0.1) is 10.2 Å². The Balaban J connectivity index is 1.44. The molecular formula is C24H23N5O4S. The number of aryl methyl sites for hydroxylation is 1. The van der Waals surface area contributed by atoms with E-state index < -0.39 is 0 Å². The molecule has 2 N–H and O–H groups in total. The smallest absolute Gasteiger partial charge is 0.257 e. The second-order valence-corrected chi connectivity index (χ2v) is 8.29. The second kappa shape index (κ2) is 10.3. The molecule has 0 atom stereocenters. The zero-order valence-corrected chi connectivity index (χ0v) is 19.7. The van der Waals surface area contributed by atoms with Gasteiger partial charge in [-0.3, -0.25) is 14.0 Å². The Kier molecular flexibility index (Phi) is 6.98. The van der Waals surface area contributed by atoms with E-state index in [9.17, 15) is 9.59 Å². The second-order valence-electron chi connectivity index (χ2n) is 7.35. The molecule has 0 saturated heterocycles. The van der Waals surface area contributed by atoms with Crippen LogP contribution in [0.2, 0.25) is 0 Å². The highest BCUT2D eigenvalue weighted by molar-refractivity contribution is 7.99. The number of ether oxygens (including phenoxy) is 2. The molecule has 2 aromatic carbocycles. The number of rotatable bonds is 8. The molecule has 0 aliphatic rings. The summed E-state index contributed by atoms with van der Waals surface area (Å²) in [7, 11) is 3.14. The molecule has 0 fully saturated rings. The zero-order chi connectivity index (χ0) is 24.1. The van der Waals surface area contributed by atoms with Crippen LogP contribution in [0.1, 0.15) is 15.9 Å². The molecule has 10 heteroatoms. The van der Waals surface area contributed by atoms with Crippen LogP contribution in [0.3, 0.4) is 0 Å². The molecule has 0 aliphatic heterocycles. The van der Waals surface area contributed by atoms with Crippen molar-refractivity contribution < 1.29 is 19.1 Å². The third kappa shape index (κ3) is 5.29. The van der Waals surface area contributed by atoms with Crippen LogP contribution < -0.4 is 20.1 Å². The van der Waals surface area contributed by atoms with Gasteiger partial charge in [-0.25, -0.2) is 0 Å². The fourth-order valence-corrected chi connectivity index (χ4v) is 3.93. The summed E-state index contributed by atoms with van der Waals surface area (Å²) in [6.07, 6.45) is 1.65. The Labute approximate surface area is 200 Å². The Morgan fingerprint density at radius 2 is 1.76 bits per heavy atom.